The van der Waals surface area contributed by atoms with Crippen molar-refractivity contribution in [2.75, 3.05) is 14.1 Å². The smallest absolute Gasteiger partial charge is 0.203 e. The summed E-state index contributed by atoms with van der Waals surface area (Å²) in [5.74, 6) is 0. The fourth-order valence-corrected chi connectivity index (χ4v) is 4.72. The molecule has 0 atom stereocenters. The minimum Gasteiger partial charge on any atom is -0.203 e. The van der Waals surface area contributed by atoms with Gasteiger partial charge in [0.15, 0.2) is 0 Å². The SMILES string of the molecule is CN(C)S(=O)(=O)n1cnc(S(=O)(=O)N(Cc2ccc(C(F)(F)F)cc2)C2CC2)n1. The number of alkyl halides is 3. The van der Waals surface area contributed by atoms with Gasteiger partial charge in [-0.05, 0) is 30.5 Å². The van der Waals surface area contributed by atoms with Gasteiger partial charge in [-0.15, -0.1) is 9.19 Å². The number of rotatable bonds is 7. The van der Waals surface area contributed by atoms with Crippen LogP contribution in [0.1, 0.15) is 24.0 Å². The van der Waals surface area contributed by atoms with E-state index in [4.69, 9.17) is 0 Å². The molecule has 0 aliphatic heterocycles. The zero-order valence-corrected chi connectivity index (χ0v) is 17.0. The maximum absolute atomic E-state index is 13.0. The Morgan fingerprint density at radius 2 is 1.69 bits per heavy atom. The fraction of sp³-hybridized carbons (Fsp3) is 0.467. The fourth-order valence-electron chi connectivity index (χ4n) is 2.49. The molecule has 3 rings (SSSR count). The van der Waals surface area contributed by atoms with Gasteiger partial charge in [0.25, 0.3) is 15.2 Å². The lowest BCUT2D eigenvalue weighted by Gasteiger charge is -2.20. The van der Waals surface area contributed by atoms with E-state index >= 15 is 0 Å². The second-order valence-corrected chi connectivity index (χ2v) is 10.5. The molecule has 0 radical (unpaired) electrons. The van der Waals surface area contributed by atoms with E-state index in [1.165, 1.54) is 26.2 Å². The third-order valence-corrected chi connectivity index (χ3v) is 7.53. The molecule has 1 fully saturated rings. The van der Waals surface area contributed by atoms with Gasteiger partial charge in [0.05, 0.1) is 5.56 Å². The van der Waals surface area contributed by atoms with Gasteiger partial charge in [-0.1, -0.05) is 12.1 Å². The van der Waals surface area contributed by atoms with Crippen molar-refractivity contribution in [1.29, 1.82) is 0 Å². The molecule has 160 valence electrons. The van der Waals surface area contributed by atoms with Crippen molar-refractivity contribution in [3.63, 3.8) is 0 Å². The van der Waals surface area contributed by atoms with E-state index in [0.29, 0.717) is 22.5 Å². The summed E-state index contributed by atoms with van der Waals surface area (Å²) in [4.78, 5) is 3.62. The van der Waals surface area contributed by atoms with Crippen LogP contribution in [0.3, 0.4) is 0 Å². The lowest BCUT2D eigenvalue weighted by molar-refractivity contribution is -0.137. The Kier molecular flexibility index (Phi) is 5.49. The second kappa shape index (κ2) is 7.34. The van der Waals surface area contributed by atoms with E-state index < -0.39 is 37.1 Å². The highest BCUT2D eigenvalue weighted by molar-refractivity contribution is 7.89. The number of hydrogen-bond donors (Lipinski definition) is 0. The van der Waals surface area contributed by atoms with E-state index in [1.54, 1.807) is 0 Å². The van der Waals surface area contributed by atoms with Gasteiger partial charge < -0.3 is 0 Å². The molecule has 1 aromatic heterocycles. The molecule has 0 unspecified atom stereocenters. The zero-order chi connectivity index (χ0) is 21.6. The lowest BCUT2D eigenvalue weighted by atomic mass is 10.1. The van der Waals surface area contributed by atoms with E-state index in [-0.39, 0.29) is 12.6 Å². The van der Waals surface area contributed by atoms with Crippen molar-refractivity contribution in [1.82, 2.24) is 22.8 Å². The van der Waals surface area contributed by atoms with Crippen LogP contribution in [0.25, 0.3) is 0 Å². The van der Waals surface area contributed by atoms with Gasteiger partial charge in [0, 0.05) is 26.7 Å². The van der Waals surface area contributed by atoms with Crippen molar-refractivity contribution in [2.45, 2.75) is 36.8 Å². The number of aromatic nitrogens is 3. The molecule has 0 bridgehead atoms. The molecule has 1 saturated carbocycles. The van der Waals surface area contributed by atoms with Gasteiger partial charge in [0.1, 0.15) is 6.33 Å². The molecule has 0 spiro atoms. The highest BCUT2D eigenvalue weighted by Gasteiger charge is 2.40. The molecule has 0 N–H and O–H groups in total. The molecule has 9 nitrogen and oxygen atoms in total. The Morgan fingerprint density at radius 1 is 1.10 bits per heavy atom. The average Bonchev–Trinajstić information content (AvgIpc) is 3.32. The summed E-state index contributed by atoms with van der Waals surface area (Å²) < 4.78 is 90.6. The van der Waals surface area contributed by atoms with Gasteiger partial charge in [-0.3, -0.25) is 0 Å². The van der Waals surface area contributed by atoms with Crippen LogP contribution in [0.15, 0.2) is 35.7 Å². The normalized spacial score (nSPS) is 16.0. The van der Waals surface area contributed by atoms with Crippen LogP contribution in [0.2, 0.25) is 0 Å². The van der Waals surface area contributed by atoms with E-state index in [2.05, 4.69) is 10.1 Å². The van der Waals surface area contributed by atoms with E-state index in [1.807, 2.05) is 0 Å². The predicted molar refractivity (Wildman–Crippen MR) is 95.2 cm³/mol. The third kappa shape index (κ3) is 4.44. The summed E-state index contributed by atoms with van der Waals surface area (Å²) >= 11 is 0. The molecule has 0 saturated heterocycles. The molecular weight excluding hydrogens is 435 g/mol. The summed E-state index contributed by atoms with van der Waals surface area (Å²) in [6, 6.07) is 3.82. The Bertz CT molecular complexity index is 1090. The van der Waals surface area contributed by atoms with Crippen molar-refractivity contribution < 1.29 is 30.0 Å². The van der Waals surface area contributed by atoms with Crippen molar-refractivity contribution in [3.05, 3.63) is 41.7 Å². The number of hydrogen-bond acceptors (Lipinski definition) is 6. The molecule has 1 aliphatic rings. The van der Waals surface area contributed by atoms with E-state index in [9.17, 15) is 30.0 Å². The number of benzene rings is 1. The molecule has 2 aromatic rings. The quantitative estimate of drug-likeness (QED) is 0.626. The Balaban J connectivity index is 1.88. The first kappa shape index (κ1) is 21.7. The largest absolute Gasteiger partial charge is 0.416 e. The highest BCUT2D eigenvalue weighted by atomic mass is 32.2. The summed E-state index contributed by atoms with van der Waals surface area (Å²) in [7, 11) is -5.78. The van der Waals surface area contributed by atoms with Crippen LogP contribution in [-0.2, 0) is 33.0 Å². The average molecular weight is 453 g/mol. The van der Waals surface area contributed by atoms with Crippen molar-refractivity contribution in [3.8, 4) is 0 Å². The second-order valence-electron chi connectivity index (χ2n) is 6.67. The first-order valence-corrected chi connectivity index (χ1v) is 11.2. The third-order valence-electron chi connectivity index (χ3n) is 4.26. The molecule has 1 aromatic carbocycles. The monoisotopic (exact) mass is 453 g/mol. The summed E-state index contributed by atoms with van der Waals surface area (Å²) in [6.07, 6.45) is -2.55. The summed E-state index contributed by atoms with van der Waals surface area (Å²) in [5.41, 5.74) is -0.481. The summed E-state index contributed by atoms with van der Waals surface area (Å²) in [6.45, 7) is -0.180. The standard InChI is InChI=1S/C15H18F3N5O4S2/c1-21(2)29(26,27)23-10-19-14(20-23)28(24,25)22(13-7-8-13)9-11-3-5-12(6-4-11)15(16,17)18/h3-6,10,13H,7-9H2,1-2H3. The number of nitrogens with zero attached hydrogens (tertiary/aromatic N) is 5. The molecule has 29 heavy (non-hydrogen) atoms. The first-order valence-electron chi connectivity index (χ1n) is 8.36. The van der Waals surface area contributed by atoms with Gasteiger partial charge >= 0.3 is 16.4 Å². The number of halogens is 3. The number of sulfonamides is 1. The minimum atomic E-state index is -4.49. The van der Waals surface area contributed by atoms with Crippen LogP contribution in [-0.4, -0.2) is 59.8 Å². The maximum Gasteiger partial charge on any atom is 0.416 e. The first-order chi connectivity index (χ1) is 13.3. The molecular formula is C15H18F3N5O4S2. The summed E-state index contributed by atoms with van der Waals surface area (Å²) in [5, 5.41) is 2.90. The molecule has 1 heterocycles. The minimum absolute atomic E-state index is 0.180. The van der Waals surface area contributed by atoms with Crippen molar-refractivity contribution >= 4 is 20.2 Å². The maximum atomic E-state index is 13.0. The molecule has 1 aliphatic carbocycles. The van der Waals surface area contributed by atoms with Gasteiger partial charge in [0.2, 0.25) is 0 Å². The molecule has 14 heteroatoms. The topological polar surface area (TPSA) is 105 Å². The van der Waals surface area contributed by atoms with E-state index in [0.717, 1.165) is 27.1 Å². The van der Waals surface area contributed by atoms with Crippen molar-refractivity contribution in [2.24, 2.45) is 0 Å². The van der Waals surface area contributed by atoms with Crippen LogP contribution in [0.4, 0.5) is 13.2 Å². The Morgan fingerprint density at radius 3 is 2.17 bits per heavy atom. The Labute approximate surface area is 166 Å². The van der Waals surface area contributed by atoms with Crippen LogP contribution in [0, 0.1) is 0 Å². The lowest BCUT2D eigenvalue weighted by Crippen LogP contribution is -2.34. The van der Waals surface area contributed by atoms with Gasteiger partial charge in [-0.25, -0.2) is 13.4 Å². The predicted octanol–water partition coefficient (Wildman–Crippen LogP) is 1.30. The van der Waals surface area contributed by atoms with Crippen LogP contribution < -0.4 is 0 Å². The Hall–Kier alpha value is -2.03. The van der Waals surface area contributed by atoms with Crippen LogP contribution >= 0.6 is 0 Å². The zero-order valence-electron chi connectivity index (χ0n) is 15.4. The molecule has 0 amide bonds. The highest BCUT2D eigenvalue weighted by Crippen LogP contribution is 2.34. The van der Waals surface area contributed by atoms with Gasteiger partial charge in [-0.2, -0.15) is 30.2 Å². The van der Waals surface area contributed by atoms with Crippen LogP contribution in [0.5, 0.6) is 0 Å².